The Balaban J connectivity index is 1.39. The summed E-state index contributed by atoms with van der Waals surface area (Å²) in [7, 11) is 1.46. The van der Waals surface area contributed by atoms with Crippen LogP contribution in [0.3, 0.4) is 0 Å². The van der Waals surface area contributed by atoms with E-state index >= 15 is 0 Å². The number of esters is 1. The van der Waals surface area contributed by atoms with Crippen molar-refractivity contribution >= 4 is 63.8 Å². The van der Waals surface area contributed by atoms with Crippen LogP contribution in [-0.2, 0) is 0 Å². The quantitative estimate of drug-likeness (QED) is 0.0873. The van der Waals surface area contributed by atoms with Gasteiger partial charge in [0.05, 0.1) is 29.4 Å². The molecule has 1 heterocycles. The average Bonchev–Trinajstić information content (AvgIpc) is 3.34. The molecule has 0 aliphatic carbocycles. The Morgan fingerprint density at radius 2 is 1.62 bits per heavy atom. The highest BCUT2D eigenvalue weighted by atomic mass is 35.5. The molecule has 0 aliphatic rings. The van der Waals surface area contributed by atoms with Gasteiger partial charge in [0.15, 0.2) is 11.5 Å². The zero-order valence-electron chi connectivity index (χ0n) is 20.9. The smallest absolute Gasteiger partial charge is 0.343 e. The van der Waals surface area contributed by atoms with Crippen molar-refractivity contribution in [1.29, 1.82) is 0 Å². The minimum atomic E-state index is -0.519. The number of rotatable bonds is 7. The van der Waals surface area contributed by atoms with Crippen LogP contribution in [0.2, 0.25) is 15.1 Å². The summed E-state index contributed by atoms with van der Waals surface area (Å²) in [5, 5.41) is 5.98. The largest absolute Gasteiger partial charge is 0.493 e. The number of fused-ring (bicyclic) bond motifs is 1. The van der Waals surface area contributed by atoms with Gasteiger partial charge in [0.2, 0.25) is 0 Å². The van der Waals surface area contributed by atoms with Crippen molar-refractivity contribution in [2.75, 3.05) is 7.11 Å². The number of aromatic nitrogens is 1. The van der Waals surface area contributed by atoms with Crippen LogP contribution >= 0.6 is 34.8 Å². The van der Waals surface area contributed by atoms with Crippen LogP contribution in [0.15, 0.2) is 90.0 Å². The van der Waals surface area contributed by atoms with E-state index in [1.807, 2.05) is 12.1 Å². The highest BCUT2D eigenvalue weighted by molar-refractivity contribution is 6.39. The maximum Gasteiger partial charge on any atom is 0.343 e. The number of methoxy groups -OCH3 is 1. The third kappa shape index (κ3) is 5.67. The number of halogens is 3. The minimum Gasteiger partial charge on any atom is -0.493 e. The van der Waals surface area contributed by atoms with Gasteiger partial charge in [-0.15, -0.1) is 0 Å². The van der Waals surface area contributed by atoms with Crippen molar-refractivity contribution < 1.29 is 19.1 Å². The maximum absolute atomic E-state index is 13.3. The van der Waals surface area contributed by atoms with E-state index in [0.29, 0.717) is 54.0 Å². The Hall–Kier alpha value is -4.30. The third-order valence-electron chi connectivity index (χ3n) is 5.97. The predicted octanol–water partition coefficient (Wildman–Crippen LogP) is 7.79. The summed E-state index contributed by atoms with van der Waals surface area (Å²) in [5.74, 6) is -0.463. The predicted molar refractivity (Wildman–Crippen MR) is 158 cm³/mol. The fraction of sp³-hybridized carbons (Fsp3) is 0.0333. The number of nitrogens with one attached hydrogen (secondary N) is 2. The van der Waals surface area contributed by atoms with E-state index in [1.165, 1.54) is 13.3 Å². The van der Waals surface area contributed by atoms with E-state index in [1.54, 1.807) is 72.8 Å². The molecule has 1 amide bonds. The Labute approximate surface area is 244 Å². The number of hydrogen-bond acceptors (Lipinski definition) is 5. The lowest BCUT2D eigenvalue weighted by Crippen LogP contribution is -2.19. The maximum atomic E-state index is 13.3. The molecule has 40 heavy (non-hydrogen) atoms. The number of nitrogens with zero attached hydrogens (tertiary/aromatic N) is 1. The first kappa shape index (κ1) is 27.3. The number of ether oxygens (including phenoxy) is 2. The van der Waals surface area contributed by atoms with Crippen molar-refractivity contribution in [2.24, 2.45) is 5.10 Å². The fourth-order valence-corrected chi connectivity index (χ4v) is 4.91. The molecule has 1 aromatic heterocycles. The van der Waals surface area contributed by atoms with Crippen LogP contribution in [0.5, 0.6) is 11.5 Å². The normalized spacial score (nSPS) is 11.1. The molecule has 5 aromatic rings. The van der Waals surface area contributed by atoms with E-state index in [-0.39, 0.29) is 11.4 Å². The molecule has 0 radical (unpaired) electrons. The van der Waals surface area contributed by atoms with Gasteiger partial charge >= 0.3 is 5.97 Å². The van der Waals surface area contributed by atoms with Crippen molar-refractivity contribution in [3.8, 4) is 22.6 Å². The van der Waals surface area contributed by atoms with Gasteiger partial charge in [-0.05, 0) is 54.1 Å². The van der Waals surface area contributed by atoms with Crippen LogP contribution in [0.4, 0.5) is 0 Å². The average molecular weight is 593 g/mol. The van der Waals surface area contributed by atoms with Gasteiger partial charge in [-0.2, -0.15) is 5.10 Å². The number of benzene rings is 4. The lowest BCUT2D eigenvalue weighted by atomic mass is 10.0. The number of hydrazone groups is 1. The zero-order chi connectivity index (χ0) is 28.2. The van der Waals surface area contributed by atoms with E-state index in [0.717, 1.165) is 0 Å². The van der Waals surface area contributed by atoms with Crippen molar-refractivity contribution in [3.63, 3.8) is 0 Å². The fourth-order valence-electron chi connectivity index (χ4n) is 4.14. The highest BCUT2D eigenvalue weighted by Gasteiger charge is 2.22. The van der Waals surface area contributed by atoms with Gasteiger partial charge in [0, 0.05) is 26.6 Å². The van der Waals surface area contributed by atoms with E-state index < -0.39 is 11.9 Å². The van der Waals surface area contributed by atoms with Crippen LogP contribution in [0.25, 0.3) is 22.0 Å². The Morgan fingerprint density at radius 1 is 0.875 bits per heavy atom. The number of aromatic amines is 1. The van der Waals surface area contributed by atoms with Crippen LogP contribution in [0, 0.1) is 0 Å². The Morgan fingerprint density at radius 3 is 2.38 bits per heavy atom. The molecular formula is C30H20Cl3N3O4. The molecular weight excluding hydrogens is 573 g/mol. The molecule has 0 saturated carbocycles. The van der Waals surface area contributed by atoms with Gasteiger partial charge in [-0.3, -0.25) is 4.79 Å². The molecule has 0 saturated heterocycles. The molecule has 0 atom stereocenters. The van der Waals surface area contributed by atoms with Gasteiger partial charge < -0.3 is 14.5 Å². The molecule has 0 fully saturated rings. The molecule has 5 rings (SSSR count). The van der Waals surface area contributed by atoms with E-state index in [4.69, 9.17) is 44.3 Å². The third-order valence-corrected chi connectivity index (χ3v) is 6.82. The Kier molecular flexibility index (Phi) is 8.07. The van der Waals surface area contributed by atoms with Crippen LogP contribution in [0.1, 0.15) is 26.4 Å². The van der Waals surface area contributed by atoms with Gasteiger partial charge in [-0.25, -0.2) is 10.2 Å². The number of hydrogen-bond donors (Lipinski definition) is 2. The second-order valence-electron chi connectivity index (χ2n) is 8.53. The molecule has 0 unspecified atom stereocenters. The molecule has 0 spiro atoms. The summed E-state index contributed by atoms with van der Waals surface area (Å²) in [6.45, 7) is 0. The molecule has 0 bridgehead atoms. The second-order valence-corrected chi connectivity index (χ2v) is 9.78. The lowest BCUT2D eigenvalue weighted by Gasteiger charge is -2.10. The zero-order valence-corrected chi connectivity index (χ0v) is 23.1. The van der Waals surface area contributed by atoms with Crippen LogP contribution < -0.4 is 14.9 Å². The summed E-state index contributed by atoms with van der Waals surface area (Å²) >= 11 is 19.2. The summed E-state index contributed by atoms with van der Waals surface area (Å²) in [6, 6.07) is 24.0. The second kappa shape index (κ2) is 11.8. The molecule has 2 N–H and O–H groups in total. The van der Waals surface area contributed by atoms with Gasteiger partial charge in [-0.1, -0.05) is 71.2 Å². The summed E-state index contributed by atoms with van der Waals surface area (Å²) in [6.07, 6.45) is 1.44. The monoisotopic (exact) mass is 591 g/mol. The van der Waals surface area contributed by atoms with Gasteiger partial charge in [0.1, 0.15) is 5.69 Å². The first-order valence-electron chi connectivity index (χ1n) is 11.9. The molecule has 0 aliphatic heterocycles. The van der Waals surface area contributed by atoms with E-state index in [2.05, 4.69) is 15.5 Å². The lowest BCUT2D eigenvalue weighted by molar-refractivity contribution is 0.0729. The standard InChI is InChI=1S/C30H20Cl3N3O4/c1-39-25-13-17(11-12-24(25)40-30(38)18-7-3-2-4-8-18)16-34-36-29(37)28-26(20-9-5-6-10-22(20)32)21-14-19(31)15-23(33)27(21)35-28/h2-16,35H,1H3,(H,36,37). The van der Waals surface area contributed by atoms with Crippen molar-refractivity contribution in [1.82, 2.24) is 10.4 Å². The Bertz CT molecular complexity index is 1770. The number of H-pyrrole nitrogens is 1. The molecule has 4 aromatic carbocycles. The van der Waals surface area contributed by atoms with Crippen LogP contribution in [-0.4, -0.2) is 30.2 Å². The SMILES string of the molecule is COc1cc(C=NNC(=O)c2[nH]c3c(Cl)cc(Cl)cc3c2-c2ccccc2Cl)ccc1OC(=O)c1ccccc1. The summed E-state index contributed by atoms with van der Waals surface area (Å²) in [5.41, 5.74) is 5.47. The summed E-state index contributed by atoms with van der Waals surface area (Å²) in [4.78, 5) is 28.8. The van der Waals surface area contributed by atoms with Gasteiger partial charge in [0.25, 0.3) is 5.91 Å². The van der Waals surface area contributed by atoms with E-state index in [9.17, 15) is 9.59 Å². The number of carbonyl (C=O) groups is 2. The minimum absolute atomic E-state index is 0.213. The number of carbonyl (C=O) groups excluding carboxylic acids is 2. The van der Waals surface area contributed by atoms with Crippen molar-refractivity contribution in [2.45, 2.75) is 0 Å². The highest BCUT2D eigenvalue weighted by Crippen LogP contribution is 2.40. The first-order valence-corrected chi connectivity index (χ1v) is 13.0. The van der Waals surface area contributed by atoms with Crippen molar-refractivity contribution in [3.05, 3.63) is 117 Å². The molecule has 200 valence electrons. The number of amides is 1. The first-order chi connectivity index (χ1) is 19.4. The molecule has 7 nitrogen and oxygen atoms in total. The summed E-state index contributed by atoms with van der Waals surface area (Å²) < 4.78 is 10.9. The topological polar surface area (TPSA) is 92.8 Å². The molecule has 10 heteroatoms.